The van der Waals surface area contributed by atoms with Gasteiger partial charge in [0.15, 0.2) is 10.9 Å². The molecule has 1 heterocycles. The topological polar surface area (TPSA) is 91.8 Å². The Balaban J connectivity index is 2.67. The smallest absolute Gasteiger partial charge is 0.326 e. The van der Waals surface area contributed by atoms with Crippen molar-refractivity contribution in [1.82, 2.24) is 4.90 Å². The predicted molar refractivity (Wildman–Crippen MR) is 65.1 cm³/mol. The standard InChI is InChI=1S/C11H15NO5S/c1-6(5-18-7(2)13)10(15)12-4-8(14)3-9(12)11(16)17/h6,9H,3-5H2,1-2H3,(H,16,17)/t6?,9-/m0/s1. The molecule has 1 aliphatic rings. The normalized spacial score (nSPS) is 20.9. The average Bonchev–Trinajstić information content (AvgIpc) is 2.67. The summed E-state index contributed by atoms with van der Waals surface area (Å²) in [5.74, 6) is -1.98. The van der Waals surface area contributed by atoms with Gasteiger partial charge in [-0.1, -0.05) is 18.7 Å². The summed E-state index contributed by atoms with van der Waals surface area (Å²) in [6.07, 6.45) is -0.131. The number of aliphatic carboxylic acids is 1. The van der Waals surface area contributed by atoms with Crippen LogP contribution < -0.4 is 0 Å². The highest BCUT2D eigenvalue weighted by Gasteiger charge is 2.40. The van der Waals surface area contributed by atoms with Crippen LogP contribution in [0.1, 0.15) is 20.3 Å². The Kier molecular flexibility index (Phi) is 4.89. The number of ketones is 1. The molecule has 0 aliphatic carbocycles. The number of carboxylic acids is 1. The lowest BCUT2D eigenvalue weighted by atomic mass is 10.1. The molecule has 0 aromatic heterocycles. The minimum atomic E-state index is -1.17. The number of carboxylic acid groups (broad SMARTS) is 1. The van der Waals surface area contributed by atoms with Crippen LogP contribution in [0.4, 0.5) is 0 Å². The third-order valence-corrected chi connectivity index (χ3v) is 3.74. The van der Waals surface area contributed by atoms with Crippen LogP contribution in [0.5, 0.6) is 0 Å². The van der Waals surface area contributed by atoms with E-state index in [-0.39, 0.29) is 29.8 Å². The second kappa shape index (κ2) is 5.99. The molecule has 0 aromatic carbocycles. The van der Waals surface area contributed by atoms with Crippen LogP contribution in [0.25, 0.3) is 0 Å². The third-order valence-electron chi connectivity index (χ3n) is 2.67. The summed E-state index contributed by atoms with van der Waals surface area (Å²) in [6.45, 7) is 2.88. The molecule has 1 saturated heterocycles. The van der Waals surface area contributed by atoms with Gasteiger partial charge in [0.05, 0.1) is 6.54 Å². The van der Waals surface area contributed by atoms with E-state index >= 15 is 0 Å². The molecule has 0 saturated carbocycles. The van der Waals surface area contributed by atoms with Gasteiger partial charge in [0.2, 0.25) is 5.91 Å². The van der Waals surface area contributed by atoms with Crippen LogP contribution in [0.3, 0.4) is 0 Å². The van der Waals surface area contributed by atoms with Crippen molar-refractivity contribution in [1.29, 1.82) is 0 Å². The highest BCUT2D eigenvalue weighted by Crippen LogP contribution is 2.20. The number of hydrogen-bond donors (Lipinski definition) is 1. The van der Waals surface area contributed by atoms with E-state index in [0.717, 1.165) is 16.7 Å². The van der Waals surface area contributed by atoms with Gasteiger partial charge in [0.25, 0.3) is 0 Å². The van der Waals surface area contributed by atoms with E-state index in [9.17, 15) is 19.2 Å². The Morgan fingerprint density at radius 1 is 1.50 bits per heavy atom. The lowest BCUT2D eigenvalue weighted by Gasteiger charge is -2.23. The number of carbonyl (C=O) groups excluding carboxylic acids is 3. The molecule has 0 spiro atoms. The fraction of sp³-hybridized carbons (Fsp3) is 0.636. The Morgan fingerprint density at radius 2 is 2.11 bits per heavy atom. The van der Waals surface area contributed by atoms with Crippen molar-refractivity contribution in [3.05, 3.63) is 0 Å². The molecule has 1 N–H and O–H groups in total. The van der Waals surface area contributed by atoms with Gasteiger partial charge in [0, 0.05) is 25.0 Å². The molecular weight excluding hydrogens is 258 g/mol. The van der Waals surface area contributed by atoms with Gasteiger partial charge in [-0.2, -0.15) is 0 Å². The maximum absolute atomic E-state index is 12.0. The molecule has 0 radical (unpaired) electrons. The molecular formula is C11H15NO5S. The molecule has 1 amide bonds. The summed E-state index contributed by atoms with van der Waals surface area (Å²) >= 11 is 1.02. The second-order valence-electron chi connectivity index (χ2n) is 4.27. The lowest BCUT2D eigenvalue weighted by Crippen LogP contribution is -2.43. The van der Waals surface area contributed by atoms with Crippen molar-refractivity contribution in [3.63, 3.8) is 0 Å². The van der Waals surface area contributed by atoms with Crippen LogP contribution in [0.15, 0.2) is 0 Å². The van der Waals surface area contributed by atoms with Crippen LogP contribution in [0.2, 0.25) is 0 Å². The summed E-state index contributed by atoms with van der Waals surface area (Å²) in [5.41, 5.74) is 0. The number of thioether (sulfide) groups is 1. The van der Waals surface area contributed by atoms with Crippen LogP contribution in [-0.4, -0.2) is 51.1 Å². The number of rotatable bonds is 4. The zero-order valence-electron chi connectivity index (χ0n) is 10.2. The van der Waals surface area contributed by atoms with Crippen molar-refractivity contribution >= 4 is 34.5 Å². The monoisotopic (exact) mass is 273 g/mol. The number of amides is 1. The van der Waals surface area contributed by atoms with Crippen LogP contribution >= 0.6 is 11.8 Å². The van der Waals surface area contributed by atoms with Crippen molar-refractivity contribution < 1.29 is 24.3 Å². The zero-order valence-corrected chi connectivity index (χ0v) is 11.0. The number of likely N-dealkylation sites (tertiary alicyclic amines) is 1. The molecule has 1 aliphatic heterocycles. The first-order chi connectivity index (χ1) is 8.32. The van der Waals surface area contributed by atoms with E-state index in [1.165, 1.54) is 6.92 Å². The average molecular weight is 273 g/mol. The first-order valence-electron chi connectivity index (χ1n) is 5.51. The van der Waals surface area contributed by atoms with Crippen molar-refractivity contribution in [2.45, 2.75) is 26.3 Å². The van der Waals surface area contributed by atoms with Gasteiger partial charge in [-0.15, -0.1) is 0 Å². The highest BCUT2D eigenvalue weighted by molar-refractivity contribution is 8.13. The maximum Gasteiger partial charge on any atom is 0.326 e. The molecule has 2 atom stereocenters. The molecule has 1 fully saturated rings. The zero-order chi connectivity index (χ0) is 13.9. The van der Waals surface area contributed by atoms with Gasteiger partial charge in [-0.25, -0.2) is 4.79 Å². The predicted octanol–water partition coefficient (Wildman–Crippen LogP) is 0.157. The van der Waals surface area contributed by atoms with Gasteiger partial charge >= 0.3 is 5.97 Å². The molecule has 6 nitrogen and oxygen atoms in total. The summed E-state index contributed by atoms with van der Waals surface area (Å²) in [6, 6.07) is -1.06. The SMILES string of the molecule is CC(=O)SCC(C)C(=O)N1CC(=O)C[C@H]1C(=O)O. The van der Waals surface area contributed by atoms with Gasteiger partial charge in [0.1, 0.15) is 6.04 Å². The largest absolute Gasteiger partial charge is 0.480 e. The third kappa shape index (κ3) is 3.56. The van der Waals surface area contributed by atoms with Gasteiger partial charge < -0.3 is 10.0 Å². The minimum absolute atomic E-state index is 0.0954. The number of Topliss-reactive ketones (excluding diaryl/α,β-unsaturated/α-hetero) is 1. The van der Waals surface area contributed by atoms with E-state index < -0.39 is 17.9 Å². The quantitative estimate of drug-likeness (QED) is 0.784. The highest BCUT2D eigenvalue weighted by atomic mass is 32.2. The number of nitrogens with zero attached hydrogens (tertiary/aromatic N) is 1. The maximum atomic E-state index is 12.0. The molecule has 18 heavy (non-hydrogen) atoms. The summed E-state index contributed by atoms with van der Waals surface area (Å²) < 4.78 is 0. The van der Waals surface area contributed by atoms with Crippen molar-refractivity contribution in [2.24, 2.45) is 5.92 Å². The Morgan fingerprint density at radius 3 is 2.61 bits per heavy atom. The summed E-state index contributed by atoms with van der Waals surface area (Å²) in [7, 11) is 0. The van der Waals surface area contributed by atoms with E-state index in [2.05, 4.69) is 0 Å². The van der Waals surface area contributed by atoms with E-state index in [0.29, 0.717) is 5.75 Å². The molecule has 0 bridgehead atoms. The lowest BCUT2D eigenvalue weighted by molar-refractivity contribution is -0.149. The van der Waals surface area contributed by atoms with E-state index in [1.54, 1.807) is 6.92 Å². The molecule has 100 valence electrons. The van der Waals surface area contributed by atoms with Crippen LogP contribution in [0, 0.1) is 5.92 Å². The first kappa shape index (κ1) is 14.7. The summed E-state index contributed by atoms with van der Waals surface area (Å²) in [5, 5.41) is 8.85. The van der Waals surface area contributed by atoms with E-state index in [1.807, 2.05) is 0 Å². The molecule has 1 unspecified atom stereocenters. The van der Waals surface area contributed by atoms with Gasteiger partial charge in [-0.05, 0) is 0 Å². The molecule has 7 heteroatoms. The Labute approximate surface area is 109 Å². The molecule has 1 rings (SSSR count). The summed E-state index contributed by atoms with van der Waals surface area (Å²) in [4.78, 5) is 46.1. The first-order valence-corrected chi connectivity index (χ1v) is 6.49. The van der Waals surface area contributed by atoms with Crippen molar-refractivity contribution in [3.8, 4) is 0 Å². The van der Waals surface area contributed by atoms with Crippen LogP contribution in [-0.2, 0) is 19.2 Å². The van der Waals surface area contributed by atoms with Gasteiger partial charge in [-0.3, -0.25) is 14.4 Å². The fourth-order valence-corrected chi connectivity index (χ4v) is 2.37. The molecule has 0 aromatic rings. The number of carbonyl (C=O) groups is 4. The Bertz CT molecular complexity index is 395. The Hall–Kier alpha value is -1.37. The van der Waals surface area contributed by atoms with Crippen molar-refractivity contribution in [2.75, 3.05) is 12.3 Å². The fourth-order valence-electron chi connectivity index (χ4n) is 1.74. The number of hydrogen-bond acceptors (Lipinski definition) is 5. The van der Waals surface area contributed by atoms with E-state index in [4.69, 9.17) is 5.11 Å². The minimum Gasteiger partial charge on any atom is -0.480 e. The second-order valence-corrected chi connectivity index (χ2v) is 5.46.